The van der Waals surface area contributed by atoms with Crippen LogP contribution in [0, 0.1) is 12.8 Å². The average Bonchev–Trinajstić information content (AvgIpc) is 3.17. The van der Waals surface area contributed by atoms with Crippen LogP contribution in [0.5, 0.6) is 0 Å². The Labute approximate surface area is 140 Å². The Kier molecular flexibility index (Phi) is 4.42. The van der Waals surface area contributed by atoms with Crippen molar-refractivity contribution in [1.82, 2.24) is 10.2 Å². The van der Waals surface area contributed by atoms with Gasteiger partial charge in [-0.25, -0.2) is 4.79 Å². The molecule has 2 atom stereocenters. The smallest absolute Gasteiger partial charge is 0.318 e. The van der Waals surface area contributed by atoms with Gasteiger partial charge in [-0.3, -0.25) is 9.59 Å². The third-order valence-electron chi connectivity index (χ3n) is 4.67. The minimum atomic E-state index is -0.882. The van der Waals surface area contributed by atoms with Crippen molar-refractivity contribution in [1.29, 1.82) is 0 Å². The van der Waals surface area contributed by atoms with Crippen LogP contribution in [0.15, 0.2) is 24.3 Å². The highest BCUT2D eigenvalue weighted by molar-refractivity contribution is 6.01. The maximum absolute atomic E-state index is 12.5. The number of urea groups is 1. The molecule has 2 aliphatic heterocycles. The zero-order chi connectivity index (χ0) is 17.3. The van der Waals surface area contributed by atoms with Gasteiger partial charge in [-0.1, -0.05) is 17.7 Å². The quantitative estimate of drug-likeness (QED) is 0.871. The Balaban J connectivity index is 1.59. The molecule has 0 aromatic heterocycles. The highest BCUT2D eigenvalue weighted by atomic mass is 16.4. The van der Waals surface area contributed by atoms with Gasteiger partial charge < -0.3 is 20.2 Å². The molecule has 2 saturated heterocycles. The monoisotopic (exact) mass is 331 g/mol. The summed E-state index contributed by atoms with van der Waals surface area (Å²) in [6.45, 7) is 3.15. The first-order valence-electron chi connectivity index (χ1n) is 8.12. The van der Waals surface area contributed by atoms with Gasteiger partial charge in [0.2, 0.25) is 5.91 Å². The number of carboxylic acids is 1. The molecule has 3 amide bonds. The van der Waals surface area contributed by atoms with Gasteiger partial charge in [-0.05, 0) is 31.9 Å². The molecule has 2 fully saturated rings. The minimum Gasteiger partial charge on any atom is -0.481 e. The van der Waals surface area contributed by atoms with Crippen molar-refractivity contribution in [2.75, 3.05) is 24.5 Å². The fourth-order valence-electron chi connectivity index (χ4n) is 3.18. The molecule has 128 valence electrons. The first-order chi connectivity index (χ1) is 11.5. The fourth-order valence-corrected chi connectivity index (χ4v) is 3.18. The van der Waals surface area contributed by atoms with Crippen LogP contribution in [-0.4, -0.2) is 53.6 Å². The Morgan fingerprint density at radius 3 is 2.50 bits per heavy atom. The minimum absolute atomic E-state index is 0.124. The first kappa shape index (κ1) is 16.3. The molecule has 0 saturated carbocycles. The molecule has 2 heterocycles. The normalized spacial score (nSPS) is 23.6. The molecule has 3 rings (SSSR count). The summed E-state index contributed by atoms with van der Waals surface area (Å²) in [6.07, 6.45) is 1.01. The Morgan fingerprint density at radius 2 is 1.88 bits per heavy atom. The van der Waals surface area contributed by atoms with Gasteiger partial charge in [-0.15, -0.1) is 0 Å². The lowest BCUT2D eigenvalue weighted by Gasteiger charge is -2.20. The Hall–Kier alpha value is -2.57. The number of anilines is 1. The van der Waals surface area contributed by atoms with Crippen molar-refractivity contribution < 1.29 is 19.5 Å². The Morgan fingerprint density at radius 1 is 1.17 bits per heavy atom. The standard InChI is InChI=1S/C17H21N3O4/c1-11-2-4-13(5-3-11)20-9-7-14(15(20)21)18-17(24)19-8-6-12(10-19)16(22)23/h2-5,12,14H,6-10H2,1H3,(H,18,24)(H,22,23). The largest absolute Gasteiger partial charge is 0.481 e. The van der Waals surface area contributed by atoms with E-state index in [1.165, 1.54) is 4.90 Å². The molecule has 2 aliphatic rings. The van der Waals surface area contributed by atoms with E-state index in [0.29, 0.717) is 25.9 Å². The molecule has 0 bridgehead atoms. The number of carboxylic acid groups (broad SMARTS) is 1. The van der Waals surface area contributed by atoms with E-state index in [9.17, 15) is 14.4 Å². The van der Waals surface area contributed by atoms with Crippen molar-refractivity contribution in [3.63, 3.8) is 0 Å². The zero-order valence-electron chi connectivity index (χ0n) is 13.6. The average molecular weight is 331 g/mol. The van der Waals surface area contributed by atoms with Crippen LogP contribution in [0.4, 0.5) is 10.5 Å². The maximum atomic E-state index is 12.5. The number of nitrogens with zero attached hydrogens (tertiary/aromatic N) is 2. The summed E-state index contributed by atoms with van der Waals surface area (Å²) in [5, 5.41) is 11.7. The summed E-state index contributed by atoms with van der Waals surface area (Å²) >= 11 is 0. The van der Waals surface area contributed by atoms with E-state index >= 15 is 0 Å². The Bertz CT molecular complexity index is 658. The number of hydrogen-bond donors (Lipinski definition) is 2. The molecule has 7 nitrogen and oxygen atoms in total. The van der Waals surface area contributed by atoms with Gasteiger partial charge >= 0.3 is 12.0 Å². The summed E-state index contributed by atoms with van der Waals surface area (Å²) in [6, 6.07) is 6.78. The maximum Gasteiger partial charge on any atom is 0.318 e. The van der Waals surface area contributed by atoms with Gasteiger partial charge in [0.1, 0.15) is 6.04 Å². The van der Waals surface area contributed by atoms with E-state index in [2.05, 4.69) is 5.32 Å². The molecule has 1 aromatic rings. The van der Waals surface area contributed by atoms with Crippen LogP contribution in [0.1, 0.15) is 18.4 Å². The van der Waals surface area contributed by atoms with Crippen LogP contribution in [0.3, 0.4) is 0 Å². The lowest BCUT2D eigenvalue weighted by molar-refractivity contribution is -0.141. The van der Waals surface area contributed by atoms with Crippen molar-refractivity contribution in [2.24, 2.45) is 5.92 Å². The molecule has 0 radical (unpaired) electrons. The van der Waals surface area contributed by atoms with E-state index in [0.717, 1.165) is 11.3 Å². The summed E-state index contributed by atoms with van der Waals surface area (Å²) in [4.78, 5) is 38.9. The number of carbonyl (C=O) groups is 3. The molecule has 0 aliphatic carbocycles. The lowest BCUT2D eigenvalue weighted by Crippen LogP contribution is -2.47. The predicted octanol–water partition coefficient (Wildman–Crippen LogP) is 1.22. The number of carbonyl (C=O) groups excluding carboxylic acids is 2. The number of likely N-dealkylation sites (tertiary alicyclic amines) is 1. The number of rotatable bonds is 3. The van der Waals surface area contributed by atoms with Crippen molar-refractivity contribution in [2.45, 2.75) is 25.8 Å². The second-order valence-electron chi connectivity index (χ2n) is 6.39. The van der Waals surface area contributed by atoms with Crippen LogP contribution >= 0.6 is 0 Å². The SMILES string of the molecule is Cc1ccc(N2CCC(NC(=O)N3CCC(C(=O)O)C3)C2=O)cc1. The number of benzene rings is 1. The number of aryl methyl sites for hydroxylation is 1. The lowest BCUT2D eigenvalue weighted by atomic mass is 10.1. The van der Waals surface area contributed by atoms with E-state index in [4.69, 9.17) is 5.11 Å². The van der Waals surface area contributed by atoms with Crippen LogP contribution < -0.4 is 10.2 Å². The van der Waals surface area contributed by atoms with Crippen molar-refractivity contribution in [3.05, 3.63) is 29.8 Å². The highest BCUT2D eigenvalue weighted by Crippen LogP contribution is 2.23. The van der Waals surface area contributed by atoms with Gasteiger partial charge in [0.15, 0.2) is 0 Å². The number of amides is 3. The van der Waals surface area contributed by atoms with Crippen LogP contribution in [0.2, 0.25) is 0 Å². The third kappa shape index (κ3) is 3.20. The van der Waals surface area contributed by atoms with Crippen molar-refractivity contribution in [3.8, 4) is 0 Å². The predicted molar refractivity (Wildman–Crippen MR) is 87.8 cm³/mol. The first-order valence-corrected chi connectivity index (χ1v) is 8.12. The molecule has 1 aromatic carbocycles. The fraction of sp³-hybridized carbons (Fsp3) is 0.471. The van der Waals surface area contributed by atoms with E-state index in [1.54, 1.807) is 4.90 Å². The summed E-state index contributed by atoms with van der Waals surface area (Å²) < 4.78 is 0. The van der Waals surface area contributed by atoms with Gasteiger partial charge in [-0.2, -0.15) is 0 Å². The van der Waals surface area contributed by atoms with Gasteiger partial charge in [0, 0.05) is 25.3 Å². The molecule has 24 heavy (non-hydrogen) atoms. The number of aliphatic carboxylic acids is 1. The van der Waals surface area contributed by atoms with Gasteiger partial charge in [0.05, 0.1) is 5.92 Å². The molecule has 7 heteroatoms. The van der Waals surface area contributed by atoms with E-state index in [-0.39, 0.29) is 18.5 Å². The summed E-state index contributed by atoms with van der Waals surface area (Å²) in [5.41, 5.74) is 1.95. The zero-order valence-corrected chi connectivity index (χ0v) is 13.6. The van der Waals surface area contributed by atoms with Gasteiger partial charge in [0.25, 0.3) is 0 Å². The second kappa shape index (κ2) is 6.51. The third-order valence-corrected chi connectivity index (χ3v) is 4.67. The molecule has 2 unspecified atom stereocenters. The van der Waals surface area contributed by atoms with Crippen LogP contribution in [0.25, 0.3) is 0 Å². The number of hydrogen-bond acceptors (Lipinski definition) is 3. The number of nitrogens with one attached hydrogen (secondary N) is 1. The van der Waals surface area contributed by atoms with E-state index < -0.39 is 17.9 Å². The molecule has 2 N–H and O–H groups in total. The topological polar surface area (TPSA) is 90.0 Å². The molecule has 0 spiro atoms. The second-order valence-corrected chi connectivity index (χ2v) is 6.39. The van der Waals surface area contributed by atoms with E-state index in [1.807, 2.05) is 31.2 Å². The van der Waals surface area contributed by atoms with Crippen LogP contribution in [-0.2, 0) is 9.59 Å². The summed E-state index contributed by atoms with van der Waals surface area (Å²) in [5.74, 6) is -1.52. The highest BCUT2D eigenvalue weighted by Gasteiger charge is 2.36. The molecular formula is C17H21N3O4. The summed E-state index contributed by atoms with van der Waals surface area (Å²) in [7, 11) is 0. The van der Waals surface area contributed by atoms with Crippen molar-refractivity contribution >= 4 is 23.6 Å². The molecular weight excluding hydrogens is 310 g/mol.